The van der Waals surface area contributed by atoms with E-state index in [-0.39, 0.29) is 18.5 Å². The molecule has 0 bridgehead atoms. The number of hydrogen-bond donors (Lipinski definition) is 0. The third-order valence-corrected chi connectivity index (χ3v) is 3.42. The first kappa shape index (κ1) is 13.7. The van der Waals surface area contributed by atoms with E-state index >= 15 is 0 Å². The molecule has 90 valence electrons. The first-order valence-corrected chi connectivity index (χ1v) is 6.20. The van der Waals surface area contributed by atoms with E-state index in [9.17, 15) is 4.79 Å². The number of rotatable bonds is 3. The Morgan fingerprint density at radius 3 is 2.65 bits per heavy atom. The van der Waals surface area contributed by atoms with Crippen LogP contribution in [-0.2, 0) is 0 Å². The zero-order valence-corrected chi connectivity index (χ0v) is 11.8. The summed E-state index contributed by atoms with van der Waals surface area (Å²) in [6, 6.07) is 7.50. The van der Waals surface area contributed by atoms with Crippen LogP contribution in [0.4, 0.5) is 0 Å². The van der Waals surface area contributed by atoms with Crippen molar-refractivity contribution in [1.29, 1.82) is 5.26 Å². The zero-order chi connectivity index (χ0) is 13.0. The summed E-state index contributed by atoms with van der Waals surface area (Å²) in [5, 5.41) is 8.73. The molecular weight excluding hydrogens is 280 g/mol. The molecule has 0 saturated carbocycles. The molecule has 0 fully saturated rings. The van der Waals surface area contributed by atoms with Crippen molar-refractivity contribution in [2.24, 2.45) is 0 Å². The lowest BCUT2D eigenvalue weighted by molar-refractivity contribution is 0.0731. The number of carbonyl (C=O) groups is 1. The van der Waals surface area contributed by atoms with Gasteiger partial charge in [-0.05, 0) is 44.5 Å². The van der Waals surface area contributed by atoms with Crippen molar-refractivity contribution in [2.45, 2.75) is 26.8 Å². The summed E-state index contributed by atoms with van der Waals surface area (Å²) in [6.07, 6.45) is 0. The van der Waals surface area contributed by atoms with E-state index in [1.807, 2.05) is 39.0 Å². The van der Waals surface area contributed by atoms with Crippen molar-refractivity contribution in [3.63, 3.8) is 0 Å². The molecule has 3 nitrogen and oxygen atoms in total. The molecule has 1 rings (SSSR count). The second-order valence-electron chi connectivity index (χ2n) is 4.15. The van der Waals surface area contributed by atoms with E-state index in [1.54, 1.807) is 11.0 Å². The lowest BCUT2D eigenvalue weighted by atomic mass is 10.1. The van der Waals surface area contributed by atoms with Gasteiger partial charge in [-0.3, -0.25) is 4.79 Å². The Balaban J connectivity index is 3.02. The van der Waals surface area contributed by atoms with Gasteiger partial charge in [0.15, 0.2) is 0 Å². The summed E-state index contributed by atoms with van der Waals surface area (Å²) in [5.41, 5.74) is 1.63. The van der Waals surface area contributed by atoms with Crippen LogP contribution >= 0.6 is 15.9 Å². The average molecular weight is 295 g/mol. The second-order valence-corrected chi connectivity index (χ2v) is 5.00. The highest BCUT2D eigenvalue weighted by Crippen LogP contribution is 2.18. The van der Waals surface area contributed by atoms with Crippen LogP contribution in [0.15, 0.2) is 22.7 Å². The second kappa shape index (κ2) is 5.83. The predicted molar refractivity (Wildman–Crippen MR) is 70.7 cm³/mol. The van der Waals surface area contributed by atoms with Gasteiger partial charge < -0.3 is 4.90 Å². The van der Waals surface area contributed by atoms with Gasteiger partial charge in [-0.15, -0.1) is 0 Å². The standard InChI is InChI=1S/C13H15BrN2O/c1-9(2)16(7-6-15)13(17)11-4-5-12(14)10(3)8-11/h4-5,8-9H,7H2,1-3H3. The Hall–Kier alpha value is -1.34. The van der Waals surface area contributed by atoms with Gasteiger partial charge in [0, 0.05) is 16.1 Å². The maximum Gasteiger partial charge on any atom is 0.254 e. The summed E-state index contributed by atoms with van der Waals surface area (Å²) in [4.78, 5) is 13.8. The van der Waals surface area contributed by atoms with Crippen molar-refractivity contribution in [1.82, 2.24) is 4.90 Å². The lowest BCUT2D eigenvalue weighted by Gasteiger charge is -2.24. The number of hydrogen-bond acceptors (Lipinski definition) is 2. The summed E-state index contributed by atoms with van der Waals surface area (Å²) in [7, 11) is 0. The number of halogens is 1. The Bertz CT molecular complexity index is 463. The van der Waals surface area contributed by atoms with Crippen molar-refractivity contribution in [2.75, 3.05) is 6.54 Å². The molecule has 4 heteroatoms. The van der Waals surface area contributed by atoms with Gasteiger partial charge in [-0.25, -0.2) is 0 Å². The van der Waals surface area contributed by atoms with Crippen LogP contribution in [0.2, 0.25) is 0 Å². The van der Waals surface area contributed by atoms with Crippen molar-refractivity contribution in [3.8, 4) is 6.07 Å². The molecule has 0 heterocycles. The van der Waals surface area contributed by atoms with Gasteiger partial charge in [0.05, 0.1) is 6.07 Å². The first-order valence-electron chi connectivity index (χ1n) is 5.41. The summed E-state index contributed by atoms with van der Waals surface area (Å²) < 4.78 is 0.977. The summed E-state index contributed by atoms with van der Waals surface area (Å²) in [5.74, 6) is -0.0999. The Labute approximate surface area is 110 Å². The maximum absolute atomic E-state index is 12.2. The molecule has 1 aromatic carbocycles. The number of nitriles is 1. The molecule has 0 aliphatic carbocycles. The fraction of sp³-hybridized carbons (Fsp3) is 0.385. The predicted octanol–water partition coefficient (Wildman–Crippen LogP) is 3.13. The minimum Gasteiger partial charge on any atom is -0.323 e. The molecule has 0 aliphatic rings. The molecule has 1 aromatic rings. The number of aryl methyl sites for hydroxylation is 1. The van der Waals surface area contributed by atoms with Crippen LogP contribution in [0.25, 0.3) is 0 Å². The van der Waals surface area contributed by atoms with Gasteiger partial charge in [-0.2, -0.15) is 5.26 Å². The molecule has 0 aliphatic heterocycles. The SMILES string of the molecule is Cc1cc(C(=O)N(CC#N)C(C)C)ccc1Br. The molecule has 0 N–H and O–H groups in total. The normalized spacial score (nSPS) is 10.1. The zero-order valence-electron chi connectivity index (χ0n) is 10.2. The largest absolute Gasteiger partial charge is 0.323 e. The number of nitrogens with zero attached hydrogens (tertiary/aromatic N) is 2. The summed E-state index contributed by atoms with van der Waals surface area (Å²) >= 11 is 3.40. The Morgan fingerprint density at radius 2 is 2.18 bits per heavy atom. The highest BCUT2D eigenvalue weighted by Gasteiger charge is 2.18. The number of amides is 1. The van der Waals surface area contributed by atoms with Crippen molar-refractivity contribution in [3.05, 3.63) is 33.8 Å². The van der Waals surface area contributed by atoms with E-state index in [1.165, 1.54) is 0 Å². The van der Waals surface area contributed by atoms with Gasteiger partial charge in [0.1, 0.15) is 6.54 Å². The third-order valence-electron chi connectivity index (χ3n) is 2.53. The molecule has 0 radical (unpaired) electrons. The van der Waals surface area contributed by atoms with E-state index < -0.39 is 0 Å². The third kappa shape index (κ3) is 3.31. The highest BCUT2D eigenvalue weighted by molar-refractivity contribution is 9.10. The van der Waals surface area contributed by atoms with E-state index in [0.717, 1.165) is 10.0 Å². The minimum absolute atomic E-state index is 0.0195. The topological polar surface area (TPSA) is 44.1 Å². The van der Waals surface area contributed by atoms with Crippen LogP contribution in [0.5, 0.6) is 0 Å². The van der Waals surface area contributed by atoms with Crippen molar-refractivity contribution < 1.29 is 4.79 Å². The number of benzene rings is 1. The number of carbonyl (C=O) groups excluding carboxylic acids is 1. The van der Waals surface area contributed by atoms with Gasteiger partial charge >= 0.3 is 0 Å². The highest BCUT2D eigenvalue weighted by atomic mass is 79.9. The lowest BCUT2D eigenvalue weighted by Crippen LogP contribution is -2.37. The van der Waals surface area contributed by atoms with E-state index in [2.05, 4.69) is 15.9 Å². The van der Waals surface area contributed by atoms with Crippen LogP contribution in [0.1, 0.15) is 29.8 Å². The molecule has 17 heavy (non-hydrogen) atoms. The fourth-order valence-corrected chi connectivity index (χ4v) is 1.76. The first-order chi connectivity index (χ1) is 7.97. The molecule has 0 unspecified atom stereocenters. The Morgan fingerprint density at radius 1 is 1.53 bits per heavy atom. The molecule has 0 saturated heterocycles. The minimum atomic E-state index is -0.0999. The maximum atomic E-state index is 12.2. The van der Waals surface area contributed by atoms with Gasteiger partial charge in [0.25, 0.3) is 5.91 Å². The molecular formula is C13H15BrN2O. The molecule has 0 aromatic heterocycles. The van der Waals surface area contributed by atoms with Gasteiger partial charge in [0.2, 0.25) is 0 Å². The van der Waals surface area contributed by atoms with Gasteiger partial charge in [-0.1, -0.05) is 15.9 Å². The van der Waals surface area contributed by atoms with Crippen LogP contribution in [0, 0.1) is 18.3 Å². The summed E-state index contributed by atoms with van der Waals surface area (Å²) in [6.45, 7) is 5.86. The van der Waals surface area contributed by atoms with Crippen molar-refractivity contribution >= 4 is 21.8 Å². The van der Waals surface area contributed by atoms with Crippen LogP contribution in [-0.4, -0.2) is 23.4 Å². The molecule has 0 spiro atoms. The van der Waals surface area contributed by atoms with Crippen LogP contribution < -0.4 is 0 Å². The van der Waals surface area contributed by atoms with E-state index in [4.69, 9.17) is 5.26 Å². The fourth-order valence-electron chi connectivity index (χ4n) is 1.51. The Kier molecular flexibility index (Phi) is 4.71. The van der Waals surface area contributed by atoms with E-state index in [0.29, 0.717) is 5.56 Å². The smallest absolute Gasteiger partial charge is 0.254 e. The average Bonchev–Trinajstić information content (AvgIpc) is 2.28. The monoisotopic (exact) mass is 294 g/mol. The molecule has 1 amide bonds. The quantitative estimate of drug-likeness (QED) is 0.804. The van der Waals surface area contributed by atoms with Crippen LogP contribution in [0.3, 0.4) is 0 Å². The molecule has 0 atom stereocenters.